The lowest BCUT2D eigenvalue weighted by molar-refractivity contribution is 0.268. The molecule has 1 saturated carbocycles. The lowest BCUT2D eigenvalue weighted by atomic mass is 9.92. The summed E-state index contributed by atoms with van der Waals surface area (Å²) < 4.78 is 28.5. The van der Waals surface area contributed by atoms with Crippen LogP contribution in [0.3, 0.4) is 0 Å². The summed E-state index contributed by atoms with van der Waals surface area (Å²) in [5, 5.41) is 0.147. The highest BCUT2D eigenvalue weighted by molar-refractivity contribution is 7.89. The molecule has 114 valence electrons. The summed E-state index contributed by atoms with van der Waals surface area (Å²) in [6, 6.07) is 0.246. The van der Waals surface area contributed by atoms with E-state index in [0.717, 1.165) is 38.1 Å². The van der Waals surface area contributed by atoms with Crippen molar-refractivity contribution in [3.8, 4) is 0 Å². The third kappa shape index (κ3) is 2.89. The normalized spacial score (nSPS) is 24.2. The molecule has 2 rings (SSSR count). The molecule has 0 unspecified atom stereocenters. The number of hydrogen-bond donors (Lipinski definition) is 1. The van der Waals surface area contributed by atoms with Crippen LogP contribution in [0.1, 0.15) is 38.4 Å². The zero-order chi connectivity index (χ0) is 14.9. The highest BCUT2D eigenvalue weighted by Gasteiger charge is 2.32. The van der Waals surface area contributed by atoms with E-state index in [1.54, 1.807) is 13.2 Å². The Balaban J connectivity index is 2.20. The summed E-state index contributed by atoms with van der Waals surface area (Å²) in [5.41, 5.74) is 5.87. The van der Waals surface area contributed by atoms with Gasteiger partial charge in [-0.05, 0) is 39.5 Å². The van der Waals surface area contributed by atoms with Gasteiger partial charge in [0.1, 0.15) is 5.82 Å². The second-order valence-electron chi connectivity index (χ2n) is 5.50. The SMILES string of the molecule is CCn1cc(S(=O)(=O)N(C)C2CCC(N)CC2)nc1C. The van der Waals surface area contributed by atoms with Gasteiger partial charge in [-0.1, -0.05) is 0 Å². The highest BCUT2D eigenvalue weighted by Crippen LogP contribution is 2.25. The first-order valence-corrected chi connectivity index (χ1v) is 8.57. The molecule has 0 aromatic carbocycles. The molecule has 20 heavy (non-hydrogen) atoms. The summed E-state index contributed by atoms with van der Waals surface area (Å²) >= 11 is 0. The Morgan fingerprint density at radius 3 is 2.50 bits per heavy atom. The molecule has 0 amide bonds. The average Bonchev–Trinajstić information content (AvgIpc) is 2.80. The summed E-state index contributed by atoms with van der Waals surface area (Å²) in [6.45, 7) is 4.51. The van der Waals surface area contributed by atoms with Crippen molar-refractivity contribution in [3.05, 3.63) is 12.0 Å². The van der Waals surface area contributed by atoms with Crippen LogP contribution >= 0.6 is 0 Å². The van der Waals surface area contributed by atoms with Gasteiger partial charge in [-0.3, -0.25) is 0 Å². The summed E-state index contributed by atoms with van der Waals surface area (Å²) in [7, 11) is -1.86. The third-order valence-corrected chi connectivity index (χ3v) is 5.98. The molecule has 7 heteroatoms. The number of aromatic nitrogens is 2. The largest absolute Gasteiger partial charge is 0.334 e. The predicted molar refractivity (Wildman–Crippen MR) is 77.8 cm³/mol. The second-order valence-corrected chi connectivity index (χ2v) is 7.45. The van der Waals surface area contributed by atoms with Crippen LogP contribution in [0.25, 0.3) is 0 Å². The molecule has 1 heterocycles. The maximum Gasteiger partial charge on any atom is 0.262 e. The fourth-order valence-electron chi connectivity index (χ4n) is 2.73. The van der Waals surface area contributed by atoms with Crippen molar-refractivity contribution >= 4 is 10.0 Å². The molecule has 0 aliphatic heterocycles. The average molecular weight is 300 g/mol. The number of hydrogen-bond acceptors (Lipinski definition) is 4. The summed E-state index contributed by atoms with van der Waals surface area (Å²) in [6.07, 6.45) is 5.03. The maximum absolute atomic E-state index is 12.6. The van der Waals surface area contributed by atoms with Crippen LogP contribution in [0.2, 0.25) is 0 Å². The minimum absolute atomic E-state index is 0.0342. The third-order valence-electron chi connectivity index (χ3n) is 4.19. The number of imidazole rings is 1. The van der Waals surface area contributed by atoms with E-state index in [0.29, 0.717) is 0 Å². The lowest BCUT2D eigenvalue weighted by Crippen LogP contribution is -2.41. The van der Waals surface area contributed by atoms with Gasteiger partial charge in [0.25, 0.3) is 10.0 Å². The topological polar surface area (TPSA) is 81.2 Å². The van der Waals surface area contributed by atoms with Crippen molar-refractivity contribution in [2.75, 3.05) is 7.05 Å². The molecule has 0 saturated heterocycles. The quantitative estimate of drug-likeness (QED) is 0.903. The van der Waals surface area contributed by atoms with Gasteiger partial charge in [0.15, 0.2) is 5.03 Å². The molecule has 1 aliphatic rings. The Bertz CT molecular complexity index is 559. The number of aryl methyl sites for hydroxylation is 2. The van der Waals surface area contributed by atoms with E-state index >= 15 is 0 Å². The van der Waals surface area contributed by atoms with Gasteiger partial charge < -0.3 is 10.3 Å². The number of rotatable bonds is 4. The maximum atomic E-state index is 12.6. The zero-order valence-electron chi connectivity index (χ0n) is 12.4. The summed E-state index contributed by atoms with van der Waals surface area (Å²) in [4.78, 5) is 4.19. The van der Waals surface area contributed by atoms with E-state index < -0.39 is 10.0 Å². The molecule has 0 bridgehead atoms. The van der Waals surface area contributed by atoms with Crippen LogP contribution in [-0.4, -0.2) is 41.4 Å². The minimum Gasteiger partial charge on any atom is -0.334 e. The molecule has 0 atom stereocenters. The van der Waals surface area contributed by atoms with Crippen molar-refractivity contribution in [3.63, 3.8) is 0 Å². The van der Waals surface area contributed by atoms with Crippen molar-refractivity contribution < 1.29 is 8.42 Å². The fourth-order valence-corrected chi connectivity index (χ4v) is 4.14. The van der Waals surface area contributed by atoms with Crippen LogP contribution in [0.4, 0.5) is 0 Å². The van der Waals surface area contributed by atoms with Crippen molar-refractivity contribution in [2.45, 2.75) is 63.2 Å². The molecule has 1 fully saturated rings. The number of sulfonamides is 1. The Morgan fingerprint density at radius 2 is 2.00 bits per heavy atom. The minimum atomic E-state index is -3.51. The fraction of sp³-hybridized carbons (Fsp3) is 0.769. The highest BCUT2D eigenvalue weighted by atomic mass is 32.2. The van der Waals surface area contributed by atoms with Crippen LogP contribution in [-0.2, 0) is 16.6 Å². The molecular weight excluding hydrogens is 276 g/mol. The Morgan fingerprint density at radius 1 is 1.40 bits per heavy atom. The molecule has 0 radical (unpaired) electrons. The Labute approximate surface area is 121 Å². The first-order chi connectivity index (χ1) is 9.36. The lowest BCUT2D eigenvalue weighted by Gasteiger charge is -2.32. The van der Waals surface area contributed by atoms with Gasteiger partial charge in [0.2, 0.25) is 0 Å². The zero-order valence-corrected chi connectivity index (χ0v) is 13.2. The molecule has 2 N–H and O–H groups in total. The van der Waals surface area contributed by atoms with E-state index in [9.17, 15) is 8.42 Å². The predicted octanol–water partition coefficient (Wildman–Crippen LogP) is 1.10. The van der Waals surface area contributed by atoms with E-state index in [-0.39, 0.29) is 17.1 Å². The van der Waals surface area contributed by atoms with E-state index in [1.807, 2.05) is 18.4 Å². The van der Waals surface area contributed by atoms with Gasteiger partial charge in [-0.15, -0.1) is 0 Å². The number of nitrogens with zero attached hydrogens (tertiary/aromatic N) is 3. The van der Waals surface area contributed by atoms with Crippen LogP contribution in [0, 0.1) is 6.92 Å². The van der Waals surface area contributed by atoms with E-state index in [1.165, 1.54) is 4.31 Å². The van der Waals surface area contributed by atoms with Crippen LogP contribution in [0.5, 0.6) is 0 Å². The molecule has 6 nitrogen and oxygen atoms in total. The van der Waals surface area contributed by atoms with Crippen LogP contribution in [0.15, 0.2) is 11.2 Å². The van der Waals surface area contributed by atoms with E-state index in [4.69, 9.17) is 5.73 Å². The summed E-state index contributed by atoms with van der Waals surface area (Å²) in [5.74, 6) is 0.727. The second kappa shape index (κ2) is 5.83. The van der Waals surface area contributed by atoms with Crippen LogP contribution < -0.4 is 5.73 Å². The standard InChI is InChI=1S/C13H24N4O2S/c1-4-17-9-13(15-10(17)2)20(18,19)16(3)12-7-5-11(14)6-8-12/h9,11-12H,4-8,14H2,1-3H3. The Kier molecular flexibility index (Phi) is 4.51. The monoisotopic (exact) mass is 300 g/mol. The molecule has 1 aromatic rings. The van der Waals surface area contributed by atoms with Gasteiger partial charge in [-0.2, -0.15) is 4.31 Å². The molecule has 1 aliphatic carbocycles. The van der Waals surface area contributed by atoms with Crippen molar-refractivity contribution in [1.82, 2.24) is 13.9 Å². The van der Waals surface area contributed by atoms with E-state index in [2.05, 4.69) is 4.98 Å². The molecule has 0 spiro atoms. The molecule has 1 aromatic heterocycles. The first kappa shape index (κ1) is 15.5. The Hall–Kier alpha value is -0.920. The van der Waals surface area contributed by atoms with Gasteiger partial charge in [0, 0.05) is 31.9 Å². The van der Waals surface area contributed by atoms with Gasteiger partial charge >= 0.3 is 0 Å². The van der Waals surface area contributed by atoms with Gasteiger partial charge in [0.05, 0.1) is 0 Å². The number of nitrogens with two attached hydrogens (primary N) is 1. The smallest absolute Gasteiger partial charge is 0.262 e. The van der Waals surface area contributed by atoms with Crippen molar-refractivity contribution in [1.29, 1.82) is 0 Å². The first-order valence-electron chi connectivity index (χ1n) is 7.13. The van der Waals surface area contributed by atoms with Gasteiger partial charge in [-0.25, -0.2) is 13.4 Å². The van der Waals surface area contributed by atoms with Crippen molar-refractivity contribution in [2.24, 2.45) is 5.73 Å². The molecular formula is C13H24N4O2S.